The van der Waals surface area contributed by atoms with Gasteiger partial charge in [0.1, 0.15) is 0 Å². The third kappa shape index (κ3) is 3.29. The van der Waals surface area contributed by atoms with Gasteiger partial charge < -0.3 is 24.8 Å². The van der Waals surface area contributed by atoms with Crippen LogP contribution in [-0.4, -0.2) is 0 Å². The van der Waals surface area contributed by atoms with Gasteiger partial charge >= 0.3 is 26.2 Å². The molecule has 0 heterocycles. The van der Waals surface area contributed by atoms with Crippen LogP contribution in [0.5, 0.6) is 0 Å². The number of fused-ring (bicyclic) bond motifs is 1. The second-order valence-corrected chi connectivity index (χ2v) is 3.70. The third-order valence-corrected chi connectivity index (χ3v) is 2.76. The van der Waals surface area contributed by atoms with E-state index in [1.54, 1.807) is 0 Å². The molecule has 0 saturated carbocycles. The molecule has 3 aromatic carbocycles. The normalized spacial score (nSPS) is 8.89. The van der Waals surface area contributed by atoms with Crippen LogP contribution in [0, 0.1) is 0 Å². The van der Waals surface area contributed by atoms with E-state index in [-0.39, 0.29) is 51.0 Å². The zero-order chi connectivity index (χ0) is 10.1. The van der Waals surface area contributed by atoms with Crippen molar-refractivity contribution in [2.45, 2.75) is 0 Å². The van der Waals surface area contributed by atoms with Crippen molar-refractivity contribution in [2.75, 3.05) is 0 Å². The predicted octanol–water partition coefficient (Wildman–Crippen LogP) is -1.77. The fraction of sp³-hybridized carbons (Fsp3) is 0. The summed E-state index contributed by atoms with van der Waals surface area (Å²) in [6, 6.07) is 23.4. The summed E-state index contributed by atoms with van der Waals surface area (Å²) in [5, 5.41) is 2.65. The van der Waals surface area contributed by atoms with Crippen LogP contribution in [-0.2, 0) is 26.2 Å². The summed E-state index contributed by atoms with van der Waals surface area (Å²) >= 11 is 0. The van der Waals surface area contributed by atoms with Crippen molar-refractivity contribution >= 4 is 10.8 Å². The first-order valence-corrected chi connectivity index (χ1v) is 5.15. The van der Waals surface area contributed by atoms with Gasteiger partial charge in [-0.25, -0.2) is 0 Å². The first-order chi connectivity index (χ1) is 7.45. The van der Waals surface area contributed by atoms with Crippen LogP contribution in [0.1, 0.15) is 0 Å². The van der Waals surface area contributed by atoms with Crippen molar-refractivity contribution in [2.24, 2.45) is 0 Å². The van der Waals surface area contributed by atoms with Crippen molar-refractivity contribution in [1.29, 1.82) is 0 Å². The van der Waals surface area contributed by atoms with Crippen LogP contribution >= 0.6 is 0 Å². The molecule has 3 aromatic rings. The van der Waals surface area contributed by atoms with Gasteiger partial charge in [0.05, 0.1) is 0 Å². The smallest absolute Gasteiger partial charge is 1.00 e. The van der Waals surface area contributed by atoms with Gasteiger partial charge in [-0.1, -0.05) is 42.0 Å². The summed E-state index contributed by atoms with van der Waals surface area (Å²) in [4.78, 5) is 0. The number of benzene rings is 2. The predicted molar refractivity (Wildman–Crippen MR) is 65.0 cm³/mol. The molecule has 3 rings (SSSR count). The van der Waals surface area contributed by atoms with Gasteiger partial charge in [-0.3, -0.25) is 0 Å². The Morgan fingerprint density at radius 1 is 0.722 bits per heavy atom. The van der Waals surface area contributed by atoms with Crippen molar-refractivity contribution in [1.82, 2.24) is 0 Å². The van der Waals surface area contributed by atoms with Crippen molar-refractivity contribution in [3.8, 4) is 11.1 Å². The Kier molecular flexibility index (Phi) is 7.63. The van der Waals surface area contributed by atoms with Crippen LogP contribution in [0.15, 0.2) is 66.7 Å². The van der Waals surface area contributed by atoms with Gasteiger partial charge in [0, 0.05) is 0 Å². The van der Waals surface area contributed by atoms with E-state index < -0.39 is 0 Å². The van der Waals surface area contributed by atoms with Crippen LogP contribution in [0.4, 0.5) is 0 Å². The van der Waals surface area contributed by atoms with E-state index in [1.165, 1.54) is 21.9 Å². The fourth-order valence-electron chi connectivity index (χ4n) is 2.03. The number of hydrogen-bond donors (Lipinski definition) is 0. The van der Waals surface area contributed by atoms with E-state index in [1.807, 2.05) is 0 Å². The van der Waals surface area contributed by atoms with Gasteiger partial charge in [-0.15, -0.1) is 29.0 Å². The Bertz CT molecular complexity index is 588. The Balaban J connectivity index is 0.000000963. The first kappa shape index (κ1) is 17.5. The monoisotopic (exact) mass is 351 g/mol. The van der Waals surface area contributed by atoms with Gasteiger partial charge in [0.25, 0.3) is 0 Å². The Morgan fingerprint density at radius 2 is 1.44 bits per heavy atom. The number of hydrogen-bond acceptors (Lipinski definition) is 0. The molecule has 0 spiro atoms. The molecule has 0 atom stereocenters. The van der Waals surface area contributed by atoms with Crippen LogP contribution in [0.3, 0.4) is 0 Å². The molecule has 0 amide bonds. The molecule has 0 nitrogen and oxygen atoms in total. The maximum Gasteiger partial charge on any atom is 3.00 e. The topological polar surface area (TPSA) is 0 Å². The van der Waals surface area contributed by atoms with Gasteiger partial charge in [-0.2, -0.15) is 12.1 Å². The maximum absolute atomic E-state index is 2.18. The van der Waals surface area contributed by atoms with Crippen LogP contribution in [0.25, 0.3) is 21.9 Å². The molecule has 18 heavy (non-hydrogen) atoms. The molecular formula is C15H11Cl2Zr. The molecule has 0 aliphatic heterocycles. The molecule has 0 saturated heterocycles. The number of halogens is 2. The SMILES string of the molecule is [Cl-].[Cl-].[Zr+3].c1ccc(-c2cccc3[cH-]ccc23)cc1. The standard InChI is InChI=1S/C15H11.2ClH.Zr/c1-2-6-12(7-3-1)14-10-4-8-13-9-5-11-15(13)14;;;/h1-11H;2*1H;/q-1;;;+3/p-2. The van der Waals surface area contributed by atoms with Gasteiger partial charge in [0.2, 0.25) is 0 Å². The zero-order valence-electron chi connectivity index (χ0n) is 9.61. The molecule has 3 heteroatoms. The summed E-state index contributed by atoms with van der Waals surface area (Å²) in [5.41, 5.74) is 2.60. The van der Waals surface area contributed by atoms with E-state index in [2.05, 4.69) is 66.7 Å². The summed E-state index contributed by atoms with van der Waals surface area (Å²) < 4.78 is 0. The van der Waals surface area contributed by atoms with E-state index in [4.69, 9.17) is 0 Å². The number of rotatable bonds is 1. The second kappa shape index (κ2) is 7.84. The molecule has 89 valence electrons. The Morgan fingerprint density at radius 3 is 2.17 bits per heavy atom. The third-order valence-electron chi connectivity index (χ3n) is 2.76. The average molecular weight is 353 g/mol. The first-order valence-electron chi connectivity index (χ1n) is 5.15. The summed E-state index contributed by atoms with van der Waals surface area (Å²) in [6.45, 7) is 0. The van der Waals surface area contributed by atoms with Gasteiger partial charge in [0.15, 0.2) is 0 Å². The molecule has 0 aliphatic rings. The Labute approximate surface area is 139 Å². The van der Waals surface area contributed by atoms with E-state index in [0.29, 0.717) is 0 Å². The molecule has 0 unspecified atom stereocenters. The molecule has 0 aliphatic carbocycles. The molecule has 1 radical (unpaired) electrons. The van der Waals surface area contributed by atoms with Crippen molar-refractivity contribution in [3.05, 3.63) is 66.7 Å². The maximum atomic E-state index is 2.18. The zero-order valence-corrected chi connectivity index (χ0v) is 13.6. The minimum atomic E-state index is 0. The van der Waals surface area contributed by atoms with E-state index in [0.717, 1.165) is 0 Å². The largest absolute Gasteiger partial charge is 3.00 e. The summed E-state index contributed by atoms with van der Waals surface area (Å²) in [5.74, 6) is 0. The van der Waals surface area contributed by atoms with Crippen LogP contribution in [0.2, 0.25) is 0 Å². The molecule has 0 bridgehead atoms. The summed E-state index contributed by atoms with van der Waals surface area (Å²) in [6.07, 6.45) is 0. The summed E-state index contributed by atoms with van der Waals surface area (Å²) in [7, 11) is 0. The molecule has 0 fully saturated rings. The molecule has 0 aromatic heterocycles. The van der Waals surface area contributed by atoms with Gasteiger partial charge in [-0.05, 0) is 5.56 Å². The van der Waals surface area contributed by atoms with E-state index in [9.17, 15) is 0 Å². The van der Waals surface area contributed by atoms with E-state index >= 15 is 0 Å². The Hall–Kier alpha value is -0.487. The second-order valence-electron chi connectivity index (χ2n) is 3.70. The fourth-order valence-corrected chi connectivity index (χ4v) is 2.03. The van der Waals surface area contributed by atoms with Crippen molar-refractivity contribution in [3.63, 3.8) is 0 Å². The minimum absolute atomic E-state index is 0. The average Bonchev–Trinajstić information content (AvgIpc) is 2.78. The van der Waals surface area contributed by atoms with Crippen molar-refractivity contribution < 1.29 is 51.0 Å². The van der Waals surface area contributed by atoms with Crippen LogP contribution < -0.4 is 24.8 Å². The quantitative estimate of drug-likeness (QED) is 0.455. The molecular weight excluding hydrogens is 342 g/mol. The minimum Gasteiger partial charge on any atom is -1.00 e. The molecule has 0 N–H and O–H groups in total.